The molecule has 0 saturated heterocycles. The van der Waals surface area contributed by atoms with E-state index in [0.29, 0.717) is 17.6 Å². The Labute approximate surface area is 345 Å². The highest BCUT2D eigenvalue weighted by Crippen LogP contribution is 2.39. The normalized spacial score (nSPS) is 11.4. The Balaban J connectivity index is 1.20. The fourth-order valence-electron chi connectivity index (χ4n) is 8.58. The van der Waals surface area contributed by atoms with Gasteiger partial charge in [0.1, 0.15) is 0 Å². The van der Waals surface area contributed by atoms with Crippen LogP contribution in [0, 0.1) is 20.8 Å². The molecule has 0 unspecified atom stereocenters. The molecule has 0 N–H and O–H groups in total. The maximum absolute atomic E-state index is 5.39. The Kier molecular flexibility index (Phi) is 9.23. The molecular weight excluding hydrogens is 717 g/mol. The van der Waals surface area contributed by atoms with E-state index in [1.54, 1.807) is 0 Å². The van der Waals surface area contributed by atoms with Crippen molar-refractivity contribution in [1.82, 2.24) is 19.5 Å². The molecule has 10 aromatic rings. The van der Waals surface area contributed by atoms with E-state index in [9.17, 15) is 0 Å². The molecule has 0 atom stereocenters. The molecule has 0 bridgehead atoms. The van der Waals surface area contributed by atoms with Gasteiger partial charge in [-0.05, 0) is 107 Å². The zero-order chi connectivity index (χ0) is 39.9. The monoisotopic (exact) mass is 758 g/mol. The summed E-state index contributed by atoms with van der Waals surface area (Å²) in [5.74, 6) is 1.84. The molecule has 10 rings (SSSR count). The van der Waals surface area contributed by atoms with Gasteiger partial charge in [0.15, 0.2) is 11.6 Å². The minimum absolute atomic E-state index is 0.580. The maximum Gasteiger partial charge on any atom is 0.238 e. The molecular formula is C55H42N4. The molecule has 2 heterocycles. The summed E-state index contributed by atoms with van der Waals surface area (Å²) in [5.41, 5.74) is 17.3. The average molecular weight is 759 g/mol. The van der Waals surface area contributed by atoms with E-state index in [-0.39, 0.29) is 0 Å². The molecule has 4 heteroatoms. The summed E-state index contributed by atoms with van der Waals surface area (Å²) in [5, 5.41) is 2.32. The van der Waals surface area contributed by atoms with Crippen LogP contribution < -0.4 is 0 Å². The van der Waals surface area contributed by atoms with Gasteiger partial charge in [-0.15, -0.1) is 0 Å². The number of aryl methyl sites for hydroxylation is 2. The van der Waals surface area contributed by atoms with Crippen LogP contribution in [0.1, 0.15) is 27.8 Å². The van der Waals surface area contributed by atoms with Crippen LogP contribution in [-0.2, 0) is 6.42 Å². The zero-order valence-electron chi connectivity index (χ0n) is 33.4. The van der Waals surface area contributed by atoms with Crippen LogP contribution in [0.25, 0.3) is 83.9 Å². The number of aromatic nitrogens is 4. The van der Waals surface area contributed by atoms with E-state index in [1.807, 2.05) is 6.07 Å². The lowest BCUT2D eigenvalue weighted by Crippen LogP contribution is -2.07. The molecule has 8 aromatic carbocycles. The topological polar surface area (TPSA) is 43.6 Å². The summed E-state index contributed by atoms with van der Waals surface area (Å²) in [7, 11) is 0. The summed E-state index contributed by atoms with van der Waals surface area (Å²) in [6.07, 6.45) is 0.849. The second-order valence-electron chi connectivity index (χ2n) is 15.4. The molecule has 0 spiro atoms. The van der Waals surface area contributed by atoms with Crippen LogP contribution in [0.4, 0.5) is 0 Å². The molecule has 282 valence electrons. The van der Waals surface area contributed by atoms with E-state index in [4.69, 9.17) is 15.0 Å². The van der Waals surface area contributed by atoms with E-state index < -0.39 is 0 Å². The van der Waals surface area contributed by atoms with Gasteiger partial charge in [0, 0.05) is 21.9 Å². The average Bonchev–Trinajstić information content (AvgIpc) is 3.60. The lowest BCUT2D eigenvalue weighted by Gasteiger charge is -2.16. The summed E-state index contributed by atoms with van der Waals surface area (Å²) >= 11 is 0. The van der Waals surface area contributed by atoms with Crippen LogP contribution in [-0.4, -0.2) is 19.5 Å². The fourth-order valence-corrected chi connectivity index (χ4v) is 8.58. The first-order valence-electron chi connectivity index (χ1n) is 20.2. The maximum atomic E-state index is 5.39. The molecule has 0 fully saturated rings. The van der Waals surface area contributed by atoms with Crippen molar-refractivity contribution in [2.75, 3.05) is 0 Å². The third-order valence-corrected chi connectivity index (χ3v) is 11.6. The second-order valence-corrected chi connectivity index (χ2v) is 15.4. The summed E-state index contributed by atoms with van der Waals surface area (Å²) in [6.45, 7) is 6.57. The number of nitrogens with zero attached hydrogens (tertiary/aromatic N) is 4. The molecule has 2 aromatic heterocycles. The number of rotatable bonds is 8. The quantitative estimate of drug-likeness (QED) is 0.155. The minimum Gasteiger partial charge on any atom is -0.278 e. The van der Waals surface area contributed by atoms with Crippen molar-refractivity contribution in [3.8, 4) is 62.1 Å². The van der Waals surface area contributed by atoms with E-state index in [1.165, 1.54) is 50.1 Å². The third-order valence-electron chi connectivity index (χ3n) is 11.6. The van der Waals surface area contributed by atoms with Crippen molar-refractivity contribution in [1.29, 1.82) is 0 Å². The van der Waals surface area contributed by atoms with Crippen molar-refractivity contribution in [3.05, 3.63) is 216 Å². The standard InChI is InChI=1S/C55H42N4/c1-36-17-10-12-23-44(36)45-26-16-27-46(38(45)3)54-56-53(42-31-29-41(30-32-42)40-20-8-5-9-21-40)57-55(58-54)59-51-28-15-14-25-48(51)50-33-37(2)49(35-52(50)59)47-24-13-11-22-43(47)34-39-18-6-4-7-19-39/h4-33,35H,34H2,1-3H3. The van der Waals surface area contributed by atoms with Crippen LogP contribution >= 0.6 is 0 Å². The minimum atomic E-state index is 0.580. The van der Waals surface area contributed by atoms with Crippen molar-refractivity contribution >= 4 is 21.8 Å². The number of benzene rings is 8. The van der Waals surface area contributed by atoms with Crippen LogP contribution in [0.2, 0.25) is 0 Å². The first-order valence-corrected chi connectivity index (χ1v) is 20.2. The van der Waals surface area contributed by atoms with Gasteiger partial charge in [0.05, 0.1) is 11.0 Å². The summed E-state index contributed by atoms with van der Waals surface area (Å²) in [4.78, 5) is 16.0. The highest BCUT2D eigenvalue weighted by Gasteiger charge is 2.21. The van der Waals surface area contributed by atoms with Crippen LogP contribution in [0.5, 0.6) is 0 Å². The van der Waals surface area contributed by atoms with E-state index in [0.717, 1.165) is 50.5 Å². The van der Waals surface area contributed by atoms with Gasteiger partial charge >= 0.3 is 0 Å². The lowest BCUT2D eigenvalue weighted by molar-refractivity contribution is 0.952. The van der Waals surface area contributed by atoms with Crippen LogP contribution in [0.15, 0.2) is 188 Å². The molecule has 0 radical (unpaired) electrons. The molecule has 0 aliphatic rings. The zero-order valence-corrected chi connectivity index (χ0v) is 33.4. The van der Waals surface area contributed by atoms with Gasteiger partial charge in [-0.3, -0.25) is 4.57 Å². The van der Waals surface area contributed by atoms with Gasteiger partial charge in [-0.2, -0.15) is 9.97 Å². The van der Waals surface area contributed by atoms with Gasteiger partial charge < -0.3 is 0 Å². The van der Waals surface area contributed by atoms with E-state index in [2.05, 4.69) is 207 Å². The van der Waals surface area contributed by atoms with Crippen molar-refractivity contribution < 1.29 is 0 Å². The summed E-state index contributed by atoms with van der Waals surface area (Å²) < 4.78 is 2.24. The largest absolute Gasteiger partial charge is 0.278 e. The fraction of sp³-hybridized carbons (Fsp3) is 0.0727. The molecule has 0 amide bonds. The van der Waals surface area contributed by atoms with Gasteiger partial charge in [0.2, 0.25) is 5.95 Å². The van der Waals surface area contributed by atoms with Gasteiger partial charge in [-0.1, -0.05) is 170 Å². The second kappa shape index (κ2) is 15.1. The Morgan fingerprint density at radius 1 is 0.390 bits per heavy atom. The Bertz CT molecular complexity index is 3140. The van der Waals surface area contributed by atoms with Crippen molar-refractivity contribution in [2.24, 2.45) is 0 Å². The molecule has 59 heavy (non-hydrogen) atoms. The van der Waals surface area contributed by atoms with Crippen molar-refractivity contribution in [3.63, 3.8) is 0 Å². The lowest BCUT2D eigenvalue weighted by atomic mass is 9.91. The Morgan fingerprint density at radius 2 is 1.00 bits per heavy atom. The third kappa shape index (κ3) is 6.69. The van der Waals surface area contributed by atoms with Gasteiger partial charge in [0.25, 0.3) is 0 Å². The molecule has 0 aliphatic carbocycles. The number of para-hydroxylation sites is 1. The first-order chi connectivity index (χ1) is 29.0. The number of hydrogen-bond donors (Lipinski definition) is 0. The highest BCUT2D eigenvalue weighted by molar-refractivity contribution is 6.10. The van der Waals surface area contributed by atoms with Crippen molar-refractivity contribution in [2.45, 2.75) is 27.2 Å². The first kappa shape index (κ1) is 35.9. The Morgan fingerprint density at radius 3 is 1.80 bits per heavy atom. The summed E-state index contributed by atoms with van der Waals surface area (Å²) in [6, 6.07) is 66.8. The predicted molar refractivity (Wildman–Crippen MR) is 245 cm³/mol. The highest BCUT2D eigenvalue weighted by atomic mass is 15.2. The SMILES string of the molecule is Cc1cc2c3ccccc3n(-c3nc(-c4ccc(-c5ccccc5)cc4)nc(-c4cccc(-c5ccccc5C)c4C)n3)c2cc1-c1ccccc1Cc1ccccc1. The van der Waals surface area contributed by atoms with Gasteiger partial charge in [-0.25, -0.2) is 4.98 Å². The van der Waals surface area contributed by atoms with E-state index >= 15 is 0 Å². The number of fused-ring (bicyclic) bond motifs is 3. The number of hydrogen-bond acceptors (Lipinski definition) is 3. The molecule has 4 nitrogen and oxygen atoms in total. The molecule has 0 saturated carbocycles. The smallest absolute Gasteiger partial charge is 0.238 e. The Hall–Kier alpha value is -7.43. The predicted octanol–water partition coefficient (Wildman–Crippen LogP) is 13.8. The van der Waals surface area contributed by atoms with Crippen LogP contribution in [0.3, 0.4) is 0 Å². The molecule has 0 aliphatic heterocycles.